The average molecular weight is 297 g/mol. The average Bonchev–Trinajstić information content (AvgIpc) is 2.56. The van der Waals surface area contributed by atoms with E-state index >= 15 is 0 Å². The molecule has 19 heavy (non-hydrogen) atoms. The number of halogens is 1. The predicted octanol–water partition coefficient (Wildman–Crippen LogP) is 3.37. The smallest absolute Gasteiger partial charge is 0.0979 e. The summed E-state index contributed by atoms with van der Waals surface area (Å²) in [4.78, 5) is 3.11. The first kappa shape index (κ1) is 14.8. The maximum atomic E-state index is 6.19. The third-order valence-electron chi connectivity index (χ3n) is 3.87. The number of thiocarbonyl (C=S) groups is 1. The molecule has 1 heterocycles. The van der Waals surface area contributed by atoms with Gasteiger partial charge in [-0.1, -0.05) is 49.8 Å². The van der Waals surface area contributed by atoms with Crippen molar-refractivity contribution in [1.29, 1.82) is 0 Å². The minimum absolute atomic E-state index is 0.00458. The summed E-state index contributed by atoms with van der Waals surface area (Å²) in [5.41, 5.74) is 7.08. The van der Waals surface area contributed by atoms with Crippen LogP contribution < -0.4 is 5.73 Å². The first-order valence-corrected chi connectivity index (χ1v) is 7.35. The third kappa shape index (κ3) is 3.10. The Morgan fingerprint density at radius 3 is 2.68 bits per heavy atom. The number of hydrogen-bond donors (Lipinski definition) is 1. The molecule has 1 unspecified atom stereocenters. The molecule has 2 nitrogen and oxygen atoms in total. The van der Waals surface area contributed by atoms with E-state index in [1.165, 1.54) is 5.56 Å². The molecule has 0 aliphatic carbocycles. The van der Waals surface area contributed by atoms with Crippen LogP contribution in [0.1, 0.15) is 32.8 Å². The minimum atomic E-state index is -0.334. The van der Waals surface area contributed by atoms with Crippen molar-refractivity contribution < 1.29 is 0 Å². The molecule has 2 rings (SSSR count). The summed E-state index contributed by atoms with van der Waals surface area (Å²) in [5, 5.41) is 0.776. The van der Waals surface area contributed by atoms with Crippen LogP contribution in [0.15, 0.2) is 24.3 Å². The van der Waals surface area contributed by atoms with Crippen LogP contribution in [0.5, 0.6) is 0 Å². The van der Waals surface area contributed by atoms with Crippen molar-refractivity contribution in [3.63, 3.8) is 0 Å². The fourth-order valence-corrected chi connectivity index (χ4v) is 3.01. The third-order valence-corrected chi connectivity index (χ3v) is 4.83. The molecule has 0 radical (unpaired) electrons. The second-order valence-electron chi connectivity index (χ2n) is 6.29. The van der Waals surface area contributed by atoms with E-state index in [2.05, 4.69) is 24.8 Å². The number of rotatable bonds is 3. The molecule has 1 atom stereocenters. The molecule has 0 amide bonds. The molecule has 1 aromatic carbocycles. The Hall–Kier alpha value is -0.640. The number of nitrogens with two attached hydrogens (primary N) is 1. The fraction of sp³-hybridized carbons (Fsp3) is 0.533. The molecular weight excluding hydrogens is 276 g/mol. The number of benzene rings is 1. The zero-order valence-electron chi connectivity index (χ0n) is 11.7. The summed E-state index contributed by atoms with van der Waals surface area (Å²) in [7, 11) is 0. The van der Waals surface area contributed by atoms with E-state index in [1.807, 2.05) is 25.1 Å². The molecule has 104 valence electrons. The second-order valence-corrected chi connectivity index (χ2v) is 7.11. The summed E-state index contributed by atoms with van der Waals surface area (Å²) in [6.45, 7) is 8.26. The normalized spacial score (nSPS) is 24.1. The molecule has 1 aliphatic rings. The lowest BCUT2D eigenvalue weighted by Crippen LogP contribution is -2.46. The lowest BCUT2D eigenvalue weighted by atomic mass is 9.84. The molecule has 1 fully saturated rings. The summed E-state index contributed by atoms with van der Waals surface area (Å²) in [6.07, 6.45) is 0.928. The van der Waals surface area contributed by atoms with Gasteiger partial charge in [0, 0.05) is 23.5 Å². The van der Waals surface area contributed by atoms with E-state index in [1.54, 1.807) is 0 Å². The van der Waals surface area contributed by atoms with Crippen LogP contribution in [0.4, 0.5) is 0 Å². The minimum Gasteiger partial charge on any atom is -0.364 e. The van der Waals surface area contributed by atoms with Gasteiger partial charge in [0.15, 0.2) is 0 Å². The van der Waals surface area contributed by atoms with Crippen molar-refractivity contribution in [1.82, 2.24) is 4.90 Å². The lowest BCUT2D eigenvalue weighted by Gasteiger charge is -2.33. The van der Waals surface area contributed by atoms with Gasteiger partial charge in [0.2, 0.25) is 0 Å². The Morgan fingerprint density at radius 1 is 1.47 bits per heavy atom. The van der Waals surface area contributed by atoms with Crippen LogP contribution in [-0.4, -0.2) is 28.5 Å². The maximum Gasteiger partial charge on any atom is 0.0979 e. The van der Waals surface area contributed by atoms with E-state index in [0.29, 0.717) is 0 Å². The van der Waals surface area contributed by atoms with Crippen molar-refractivity contribution in [2.24, 2.45) is 5.73 Å². The largest absolute Gasteiger partial charge is 0.364 e. The number of nitrogens with zero attached hydrogens (tertiary/aromatic N) is 1. The van der Waals surface area contributed by atoms with E-state index < -0.39 is 0 Å². The summed E-state index contributed by atoms with van der Waals surface area (Å²) >= 11 is 11.6. The highest BCUT2D eigenvalue weighted by molar-refractivity contribution is 7.80. The molecule has 1 aliphatic heterocycles. The molecule has 1 saturated heterocycles. The van der Waals surface area contributed by atoms with E-state index in [-0.39, 0.29) is 11.0 Å². The van der Waals surface area contributed by atoms with Crippen LogP contribution in [0, 0.1) is 0 Å². The quantitative estimate of drug-likeness (QED) is 0.867. The topological polar surface area (TPSA) is 29.3 Å². The van der Waals surface area contributed by atoms with Gasteiger partial charge < -0.3 is 10.6 Å². The van der Waals surface area contributed by atoms with Gasteiger partial charge in [-0.05, 0) is 31.0 Å². The molecular formula is C15H21ClN2S. The van der Waals surface area contributed by atoms with Gasteiger partial charge in [0.25, 0.3) is 0 Å². The van der Waals surface area contributed by atoms with Gasteiger partial charge in [-0.25, -0.2) is 0 Å². The van der Waals surface area contributed by atoms with E-state index in [0.717, 1.165) is 29.5 Å². The SMILES string of the molecule is CC1(N)CCN(CC(C)(C)c2cccc(Cl)c2)C1=S. The van der Waals surface area contributed by atoms with Crippen molar-refractivity contribution in [2.75, 3.05) is 13.1 Å². The van der Waals surface area contributed by atoms with E-state index in [4.69, 9.17) is 29.6 Å². The van der Waals surface area contributed by atoms with Crippen molar-refractivity contribution >= 4 is 28.8 Å². The first-order chi connectivity index (χ1) is 8.72. The zero-order chi connectivity index (χ0) is 14.3. The Morgan fingerprint density at radius 2 is 2.16 bits per heavy atom. The Balaban J connectivity index is 2.16. The highest BCUT2D eigenvalue weighted by Gasteiger charge is 2.38. The summed E-state index contributed by atoms with van der Waals surface area (Å²) < 4.78 is 0. The molecule has 2 N–H and O–H groups in total. The van der Waals surface area contributed by atoms with Gasteiger partial charge in [-0.2, -0.15) is 0 Å². The summed E-state index contributed by atoms with van der Waals surface area (Å²) in [6, 6.07) is 8.04. The number of likely N-dealkylation sites (tertiary alicyclic amines) is 1. The Kier molecular flexibility index (Phi) is 3.92. The van der Waals surface area contributed by atoms with Crippen LogP contribution in [0.2, 0.25) is 5.02 Å². The molecule has 1 aromatic rings. The molecule has 4 heteroatoms. The second kappa shape index (κ2) is 5.04. The van der Waals surface area contributed by atoms with Gasteiger partial charge in [0.1, 0.15) is 0 Å². The van der Waals surface area contributed by atoms with Crippen LogP contribution >= 0.6 is 23.8 Å². The van der Waals surface area contributed by atoms with Gasteiger partial charge in [-0.15, -0.1) is 0 Å². The molecule has 0 saturated carbocycles. The highest BCUT2D eigenvalue weighted by Crippen LogP contribution is 2.30. The lowest BCUT2D eigenvalue weighted by molar-refractivity contribution is 0.350. The van der Waals surface area contributed by atoms with Crippen LogP contribution in [-0.2, 0) is 5.41 Å². The van der Waals surface area contributed by atoms with Crippen LogP contribution in [0.3, 0.4) is 0 Å². The zero-order valence-corrected chi connectivity index (χ0v) is 13.3. The molecule has 0 spiro atoms. The summed E-state index contributed by atoms with van der Waals surface area (Å²) in [5.74, 6) is 0. The molecule has 0 aromatic heterocycles. The standard InChI is InChI=1S/C15H21ClN2S/c1-14(2,11-5-4-6-12(16)9-11)10-18-8-7-15(3,17)13(18)19/h4-6,9H,7-8,10,17H2,1-3H3. The van der Waals surface area contributed by atoms with Crippen molar-refractivity contribution in [2.45, 2.75) is 38.1 Å². The van der Waals surface area contributed by atoms with Gasteiger partial charge >= 0.3 is 0 Å². The molecule has 0 bridgehead atoms. The van der Waals surface area contributed by atoms with E-state index in [9.17, 15) is 0 Å². The van der Waals surface area contributed by atoms with Crippen LogP contribution in [0.25, 0.3) is 0 Å². The maximum absolute atomic E-state index is 6.19. The van der Waals surface area contributed by atoms with Crippen molar-refractivity contribution in [3.05, 3.63) is 34.9 Å². The monoisotopic (exact) mass is 296 g/mol. The predicted molar refractivity (Wildman–Crippen MR) is 85.9 cm³/mol. The Labute approximate surface area is 125 Å². The highest BCUT2D eigenvalue weighted by atomic mass is 35.5. The van der Waals surface area contributed by atoms with Crippen molar-refractivity contribution in [3.8, 4) is 0 Å². The van der Waals surface area contributed by atoms with Gasteiger partial charge in [-0.3, -0.25) is 0 Å². The fourth-order valence-electron chi connectivity index (χ4n) is 2.57. The Bertz CT molecular complexity index is 497. The van der Waals surface area contributed by atoms with Gasteiger partial charge in [0.05, 0.1) is 10.5 Å². The first-order valence-electron chi connectivity index (χ1n) is 6.57. The number of hydrogen-bond acceptors (Lipinski definition) is 2.